The monoisotopic (exact) mass is 224 g/mol. The van der Waals surface area contributed by atoms with Crippen LogP contribution in [0, 0.1) is 0 Å². The van der Waals surface area contributed by atoms with Gasteiger partial charge in [-0.25, -0.2) is 0 Å². The maximum absolute atomic E-state index is 9.67. The van der Waals surface area contributed by atoms with Gasteiger partial charge in [-0.15, -0.1) is 0 Å². The van der Waals surface area contributed by atoms with Gasteiger partial charge in [0.2, 0.25) is 0 Å². The Hall–Kier alpha value is -0.990. The lowest BCUT2D eigenvalue weighted by Gasteiger charge is -2.16. The summed E-state index contributed by atoms with van der Waals surface area (Å²) >= 11 is 6.09. The van der Waals surface area contributed by atoms with E-state index in [0.717, 1.165) is 16.9 Å². The highest BCUT2D eigenvalue weighted by molar-refractivity contribution is 6.33. The topological polar surface area (TPSA) is 29.5 Å². The predicted octanol–water partition coefficient (Wildman–Crippen LogP) is 2.75. The van der Waals surface area contributed by atoms with Gasteiger partial charge in [0.15, 0.2) is 0 Å². The number of ether oxygens (including phenoxy) is 1. The SMILES string of the molecule is COc1ccc2c(c1)C(C(C)O)C(Cl)=C2. The molecule has 1 aromatic rings. The van der Waals surface area contributed by atoms with Gasteiger partial charge in [0.25, 0.3) is 0 Å². The number of halogens is 1. The summed E-state index contributed by atoms with van der Waals surface area (Å²) in [6.45, 7) is 1.75. The average Bonchev–Trinajstić information content (AvgIpc) is 2.52. The molecule has 1 N–H and O–H groups in total. The summed E-state index contributed by atoms with van der Waals surface area (Å²) in [6, 6.07) is 5.78. The van der Waals surface area contributed by atoms with E-state index in [1.165, 1.54) is 0 Å². The molecule has 2 nitrogen and oxygen atoms in total. The summed E-state index contributed by atoms with van der Waals surface area (Å²) in [5, 5.41) is 10.4. The molecule has 2 atom stereocenters. The quantitative estimate of drug-likeness (QED) is 0.837. The van der Waals surface area contributed by atoms with E-state index >= 15 is 0 Å². The zero-order chi connectivity index (χ0) is 11.0. The lowest BCUT2D eigenvalue weighted by atomic mass is 9.96. The van der Waals surface area contributed by atoms with E-state index in [1.54, 1.807) is 14.0 Å². The summed E-state index contributed by atoms with van der Waals surface area (Å²) in [6.07, 6.45) is 1.41. The molecule has 1 aromatic carbocycles. The minimum Gasteiger partial charge on any atom is -0.497 e. The number of hydrogen-bond acceptors (Lipinski definition) is 2. The van der Waals surface area contributed by atoms with Crippen molar-refractivity contribution in [1.82, 2.24) is 0 Å². The number of aliphatic hydroxyl groups excluding tert-OH is 1. The molecule has 2 unspecified atom stereocenters. The van der Waals surface area contributed by atoms with Gasteiger partial charge in [0, 0.05) is 11.0 Å². The first kappa shape index (κ1) is 10.5. The molecule has 1 aliphatic carbocycles. The highest BCUT2D eigenvalue weighted by Crippen LogP contribution is 2.41. The Morgan fingerprint density at radius 3 is 2.80 bits per heavy atom. The van der Waals surface area contributed by atoms with Crippen LogP contribution in [-0.2, 0) is 0 Å². The molecule has 0 amide bonds. The van der Waals surface area contributed by atoms with Crippen molar-refractivity contribution in [2.24, 2.45) is 0 Å². The first-order chi connectivity index (χ1) is 7.13. The molecule has 3 heteroatoms. The summed E-state index contributed by atoms with van der Waals surface area (Å²) in [5.41, 5.74) is 2.10. The van der Waals surface area contributed by atoms with Crippen molar-refractivity contribution in [1.29, 1.82) is 0 Å². The average molecular weight is 225 g/mol. The highest BCUT2D eigenvalue weighted by Gasteiger charge is 2.28. The molecule has 80 valence electrons. The highest BCUT2D eigenvalue weighted by atomic mass is 35.5. The molecular weight excluding hydrogens is 212 g/mol. The summed E-state index contributed by atoms with van der Waals surface area (Å²) in [7, 11) is 1.63. The van der Waals surface area contributed by atoms with Crippen molar-refractivity contribution in [2.75, 3.05) is 7.11 Å². The fourth-order valence-electron chi connectivity index (χ4n) is 1.96. The van der Waals surface area contributed by atoms with Crippen LogP contribution in [0.2, 0.25) is 0 Å². The van der Waals surface area contributed by atoms with Gasteiger partial charge in [-0.1, -0.05) is 17.7 Å². The largest absolute Gasteiger partial charge is 0.497 e. The van der Waals surface area contributed by atoms with Gasteiger partial charge >= 0.3 is 0 Å². The van der Waals surface area contributed by atoms with Gasteiger partial charge in [0.05, 0.1) is 13.2 Å². The van der Waals surface area contributed by atoms with Crippen LogP contribution < -0.4 is 4.74 Å². The summed E-state index contributed by atoms with van der Waals surface area (Å²) < 4.78 is 5.15. The van der Waals surface area contributed by atoms with Gasteiger partial charge in [-0.3, -0.25) is 0 Å². The van der Waals surface area contributed by atoms with Crippen molar-refractivity contribution in [3.8, 4) is 5.75 Å². The third-order valence-corrected chi connectivity index (χ3v) is 3.05. The van der Waals surface area contributed by atoms with Gasteiger partial charge < -0.3 is 9.84 Å². The Morgan fingerprint density at radius 2 is 2.20 bits per heavy atom. The number of fused-ring (bicyclic) bond motifs is 1. The minimum atomic E-state index is -0.484. The second kappa shape index (κ2) is 3.87. The van der Waals surface area contributed by atoms with Gasteiger partial charge in [-0.05, 0) is 36.3 Å². The second-order valence-electron chi connectivity index (χ2n) is 3.74. The molecule has 0 spiro atoms. The lowest BCUT2D eigenvalue weighted by Crippen LogP contribution is -2.13. The fourth-order valence-corrected chi connectivity index (χ4v) is 2.38. The number of methoxy groups -OCH3 is 1. The number of rotatable bonds is 2. The molecule has 0 aromatic heterocycles. The van der Waals surface area contributed by atoms with Gasteiger partial charge in [0.1, 0.15) is 5.75 Å². The third kappa shape index (κ3) is 1.75. The lowest BCUT2D eigenvalue weighted by molar-refractivity contribution is 0.178. The van der Waals surface area contributed by atoms with Crippen molar-refractivity contribution < 1.29 is 9.84 Å². The number of aliphatic hydroxyl groups is 1. The number of hydrogen-bond donors (Lipinski definition) is 1. The van der Waals surface area contributed by atoms with E-state index < -0.39 is 6.10 Å². The van der Waals surface area contributed by atoms with Crippen molar-refractivity contribution in [3.63, 3.8) is 0 Å². The number of benzene rings is 1. The molecule has 1 aliphatic rings. The first-order valence-electron chi connectivity index (χ1n) is 4.86. The Balaban J connectivity index is 2.47. The maximum atomic E-state index is 9.67. The van der Waals surface area contributed by atoms with Gasteiger partial charge in [-0.2, -0.15) is 0 Å². The van der Waals surface area contributed by atoms with E-state index in [-0.39, 0.29) is 5.92 Å². The Labute approximate surface area is 94.1 Å². The Kier molecular flexibility index (Phi) is 2.72. The molecule has 0 radical (unpaired) electrons. The zero-order valence-electron chi connectivity index (χ0n) is 8.70. The van der Waals surface area contributed by atoms with Crippen LogP contribution in [0.3, 0.4) is 0 Å². The predicted molar refractivity (Wildman–Crippen MR) is 61.2 cm³/mol. The molecule has 0 saturated carbocycles. The molecule has 0 aliphatic heterocycles. The fraction of sp³-hybridized carbons (Fsp3) is 0.333. The molecule has 0 bridgehead atoms. The maximum Gasteiger partial charge on any atom is 0.119 e. The third-order valence-electron chi connectivity index (χ3n) is 2.70. The smallest absolute Gasteiger partial charge is 0.119 e. The van der Waals surface area contributed by atoms with Crippen molar-refractivity contribution in [2.45, 2.75) is 18.9 Å². The van der Waals surface area contributed by atoms with Crippen LogP contribution >= 0.6 is 11.6 Å². The van der Waals surface area contributed by atoms with Crippen LogP contribution in [0.4, 0.5) is 0 Å². The van der Waals surface area contributed by atoms with Crippen molar-refractivity contribution in [3.05, 3.63) is 34.4 Å². The van der Waals surface area contributed by atoms with Crippen LogP contribution in [0.1, 0.15) is 24.0 Å². The normalized spacial score (nSPS) is 20.8. The van der Waals surface area contributed by atoms with E-state index in [9.17, 15) is 5.11 Å². The molecule has 0 fully saturated rings. The zero-order valence-corrected chi connectivity index (χ0v) is 9.45. The van der Waals surface area contributed by atoms with Crippen LogP contribution in [0.15, 0.2) is 23.2 Å². The summed E-state index contributed by atoms with van der Waals surface area (Å²) in [5.74, 6) is 0.677. The Bertz CT molecular complexity index is 410. The summed E-state index contributed by atoms with van der Waals surface area (Å²) in [4.78, 5) is 0. The Morgan fingerprint density at radius 1 is 1.47 bits per heavy atom. The molecular formula is C12H13ClO2. The molecule has 2 rings (SSSR count). The van der Waals surface area contributed by atoms with E-state index in [0.29, 0.717) is 5.03 Å². The van der Waals surface area contributed by atoms with Crippen LogP contribution in [-0.4, -0.2) is 18.3 Å². The molecule has 0 heterocycles. The van der Waals surface area contributed by atoms with E-state index in [4.69, 9.17) is 16.3 Å². The molecule has 15 heavy (non-hydrogen) atoms. The van der Waals surface area contributed by atoms with Crippen molar-refractivity contribution >= 4 is 17.7 Å². The second-order valence-corrected chi connectivity index (χ2v) is 4.18. The first-order valence-corrected chi connectivity index (χ1v) is 5.24. The minimum absolute atomic E-state index is 0.114. The van der Waals surface area contributed by atoms with Crippen LogP contribution in [0.25, 0.3) is 6.08 Å². The van der Waals surface area contributed by atoms with Crippen LogP contribution in [0.5, 0.6) is 5.75 Å². The van der Waals surface area contributed by atoms with E-state index in [1.807, 2.05) is 24.3 Å². The molecule has 0 saturated heterocycles. The standard InChI is InChI=1S/C12H13ClO2/c1-7(14)12-10-6-9(15-2)4-3-8(10)5-11(12)13/h3-7,12,14H,1-2H3. The van der Waals surface area contributed by atoms with E-state index in [2.05, 4.69) is 0 Å².